The molecule has 2 aliphatic rings. The van der Waals surface area contributed by atoms with E-state index in [4.69, 9.17) is 4.74 Å². The number of piperidine rings is 1. The van der Waals surface area contributed by atoms with Gasteiger partial charge in [0.1, 0.15) is 0 Å². The van der Waals surface area contributed by atoms with Crippen LogP contribution < -0.4 is 5.32 Å². The number of ether oxygens (including phenoxy) is 1. The molecule has 2 rings (SSSR count). The number of rotatable bonds is 7. The van der Waals surface area contributed by atoms with Crippen LogP contribution in [0.15, 0.2) is 0 Å². The van der Waals surface area contributed by atoms with Crippen molar-refractivity contribution in [3.8, 4) is 0 Å². The molecule has 2 fully saturated rings. The zero-order valence-corrected chi connectivity index (χ0v) is 13.6. The van der Waals surface area contributed by atoms with Crippen molar-refractivity contribution in [3.63, 3.8) is 0 Å². The Morgan fingerprint density at radius 1 is 1.15 bits per heavy atom. The molecule has 118 valence electrons. The van der Waals surface area contributed by atoms with Crippen LogP contribution in [0.4, 0.5) is 0 Å². The van der Waals surface area contributed by atoms with E-state index in [0.29, 0.717) is 12.0 Å². The lowest BCUT2D eigenvalue weighted by Crippen LogP contribution is -2.51. The minimum Gasteiger partial charge on any atom is -0.381 e. The zero-order chi connectivity index (χ0) is 14.2. The molecule has 2 saturated heterocycles. The first kappa shape index (κ1) is 16.3. The smallest absolute Gasteiger partial charge is 0.0521 e. The van der Waals surface area contributed by atoms with Crippen LogP contribution >= 0.6 is 0 Å². The molecular formula is C17H34N2O. The molecule has 0 saturated carbocycles. The van der Waals surface area contributed by atoms with Crippen LogP contribution in [0.1, 0.15) is 58.8 Å². The molecule has 0 aromatic carbocycles. The van der Waals surface area contributed by atoms with Crippen molar-refractivity contribution in [2.24, 2.45) is 5.92 Å². The number of hydrogen-bond acceptors (Lipinski definition) is 3. The topological polar surface area (TPSA) is 24.5 Å². The molecule has 0 bridgehead atoms. The maximum atomic E-state index is 5.76. The Balaban J connectivity index is 1.87. The summed E-state index contributed by atoms with van der Waals surface area (Å²) in [5.74, 6) is 0.688. The predicted octanol–water partition coefficient (Wildman–Crippen LogP) is 3.05. The van der Waals surface area contributed by atoms with Gasteiger partial charge in [-0.2, -0.15) is 0 Å². The van der Waals surface area contributed by atoms with Gasteiger partial charge in [0, 0.05) is 31.2 Å². The third-order valence-corrected chi connectivity index (χ3v) is 4.97. The number of nitrogens with zero attached hydrogens (tertiary/aromatic N) is 1. The summed E-state index contributed by atoms with van der Waals surface area (Å²) in [4.78, 5) is 2.77. The summed E-state index contributed by atoms with van der Waals surface area (Å²) in [6, 6.07) is 1.51. The van der Waals surface area contributed by atoms with Crippen LogP contribution in [0.5, 0.6) is 0 Å². The van der Waals surface area contributed by atoms with E-state index >= 15 is 0 Å². The fraction of sp³-hybridized carbons (Fsp3) is 1.00. The van der Waals surface area contributed by atoms with Gasteiger partial charge in [0.2, 0.25) is 0 Å². The van der Waals surface area contributed by atoms with Gasteiger partial charge in [0.25, 0.3) is 0 Å². The molecule has 3 nitrogen and oxygen atoms in total. The Labute approximate surface area is 125 Å². The molecular weight excluding hydrogens is 248 g/mol. The second-order valence-corrected chi connectivity index (χ2v) is 6.62. The first-order valence-corrected chi connectivity index (χ1v) is 8.90. The molecule has 3 atom stereocenters. The normalized spacial score (nSPS) is 32.4. The molecule has 2 aliphatic heterocycles. The Kier molecular flexibility index (Phi) is 7.32. The summed E-state index contributed by atoms with van der Waals surface area (Å²) in [5.41, 5.74) is 0. The molecule has 2 heterocycles. The predicted molar refractivity (Wildman–Crippen MR) is 85.1 cm³/mol. The van der Waals surface area contributed by atoms with Crippen molar-refractivity contribution in [1.82, 2.24) is 10.2 Å². The SMILES string of the molecule is CCCNC1CCOCC1CN1CCCCC1CCC. The van der Waals surface area contributed by atoms with Gasteiger partial charge >= 0.3 is 0 Å². The van der Waals surface area contributed by atoms with Gasteiger partial charge in [-0.15, -0.1) is 0 Å². The molecule has 0 aliphatic carbocycles. The van der Waals surface area contributed by atoms with Crippen molar-refractivity contribution in [2.75, 3.05) is 32.8 Å². The maximum Gasteiger partial charge on any atom is 0.0521 e. The maximum absolute atomic E-state index is 5.76. The number of nitrogens with one attached hydrogen (secondary N) is 1. The second kappa shape index (κ2) is 9.01. The molecule has 3 heteroatoms. The summed E-state index contributed by atoms with van der Waals surface area (Å²) >= 11 is 0. The van der Waals surface area contributed by atoms with E-state index in [2.05, 4.69) is 24.1 Å². The first-order chi connectivity index (χ1) is 9.85. The third kappa shape index (κ3) is 4.71. The summed E-state index contributed by atoms with van der Waals surface area (Å²) < 4.78 is 5.76. The van der Waals surface area contributed by atoms with Crippen LogP contribution in [0.2, 0.25) is 0 Å². The lowest BCUT2D eigenvalue weighted by atomic mass is 9.91. The van der Waals surface area contributed by atoms with Crippen LogP contribution in [0, 0.1) is 5.92 Å². The van der Waals surface area contributed by atoms with Gasteiger partial charge in [-0.05, 0) is 45.2 Å². The highest BCUT2D eigenvalue weighted by molar-refractivity contribution is 4.85. The van der Waals surface area contributed by atoms with Crippen molar-refractivity contribution in [3.05, 3.63) is 0 Å². The van der Waals surface area contributed by atoms with E-state index in [1.54, 1.807) is 0 Å². The molecule has 0 spiro atoms. The first-order valence-electron chi connectivity index (χ1n) is 8.90. The Bertz CT molecular complexity index is 257. The van der Waals surface area contributed by atoms with Gasteiger partial charge in [0.05, 0.1) is 6.61 Å². The zero-order valence-electron chi connectivity index (χ0n) is 13.6. The number of hydrogen-bond donors (Lipinski definition) is 1. The Morgan fingerprint density at radius 2 is 2.05 bits per heavy atom. The fourth-order valence-corrected chi connectivity index (χ4v) is 3.84. The standard InChI is InChI=1S/C17H34N2O/c1-3-7-16-8-5-6-11-19(16)13-15-14-20-12-9-17(15)18-10-4-2/h15-18H,3-14H2,1-2H3. The Hall–Kier alpha value is -0.120. The van der Waals surface area contributed by atoms with Gasteiger partial charge in [-0.1, -0.05) is 26.7 Å². The summed E-state index contributed by atoms with van der Waals surface area (Å²) in [5, 5.41) is 3.75. The van der Waals surface area contributed by atoms with E-state index in [1.165, 1.54) is 58.0 Å². The van der Waals surface area contributed by atoms with E-state index in [9.17, 15) is 0 Å². The summed E-state index contributed by atoms with van der Waals surface area (Å²) in [7, 11) is 0. The Morgan fingerprint density at radius 3 is 2.85 bits per heavy atom. The molecule has 20 heavy (non-hydrogen) atoms. The lowest BCUT2D eigenvalue weighted by Gasteiger charge is -2.41. The largest absolute Gasteiger partial charge is 0.381 e. The quantitative estimate of drug-likeness (QED) is 0.777. The average Bonchev–Trinajstić information content (AvgIpc) is 2.49. The van der Waals surface area contributed by atoms with Crippen molar-refractivity contribution in [1.29, 1.82) is 0 Å². The van der Waals surface area contributed by atoms with Gasteiger partial charge in [-0.25, -0.2) is 0 Å². The molecule has 0 amide bonds. The fourth-order valence-electron chi connectivity index (χ4n) is 3.84. The van der Waals surface area contributed by atoms with E-state index in [1.807, 2.05) is 0 Å². The van der Waals surface area contributed by atoms with Crippen LogP contribution in [-0.2, 0) is 4.74 Å². The van der Waals surface area contributed by atoms with Crippen molar-refractivity contribution >= 4 is 0 Å². The molecule has 3 unspecified atom stereocenters. The van der Waals surface area contributed by atoms with Crippen molar-refractivity contribution < 1.29 is 4.74 Å². The lowest BCUT2D eigenvalue weighted by molar-refractivity contribution is 0.00377. The minimum absolute atomic E-state index is 0.674. The van der Waals surface area contributed by atoms with Crippen LogP contribution in [0.3, 0.4) is 0 Å². The molecule has 0 radical (unpaired) electrons. The van der Waals surface area contributed by atoms with Crippen LogP contribution in [0.25, 0.3) is 0 Å². The van der Waals surface area contributed by atoms with Gasteiger partial charge in [0.15, 0.2) is 0 Å². The van der Waals surface area contributed by atoms with Gasteiger partial charge < -0.3 is 10.1 Å². The minimum atomic E-state index is 0.674. The molecule has 0 aromatic heterocycles. The molecule has 1 N–H and O–H groups in total. The second-order valence-electron chi connectivity index (χ2n) is 6.62. The van der Waals surface area contributed by atoms with Crippen LogP contribution in [-0.4, -0.2) is 49.8 Å². The highest BCUT2D eigenvalue weighted by Gasteiger charge is 2.30. The summed E-state index contributed by atoms with van der Waals surface area (Å²) in [6.45, 7) is 10.2. The summed E-state index contributed by atoms with van der Waals surface area (Å²) in [6.07, 6.45) is 9.35. The van der Waals surface area contributed by atoms with E-state index < -0.39 is 0 Å². The highest BCUT2D eigenvalue weighted by atomic mass is 16.5. The van der Waals surface area contributed by atoms with E-state index in [-0.39, 0.29) is 0 Å². The third-order valence-electron chi connectivity index (χ3n) is 4.97. The molecule has 0 aromatic rings. The highest BCUT2D eigenvalue weighted by Crippen LogP contribution is 2.24. The van der Waals surface area contributed by atoms with Gasteiger partial charge in [-0.3, -0.25) is 4.90 Å². The van der Waals surface area contributed by atoms with Crippen molar-refractivity contribution in [2.45, 2.75) is 70.9 Å². The number of likely N-dealkylation sites (tertiary alicyclic amines) is 1. The monoisotopic (exact) mass is 282 g/mol. The average molecular weight is 282 g/mol. The van der Waals surface area contributed by atoms with E-state index in [0.717, 1.165) is 25.8 Å².